The van der Waals surface area contributed by atoms with Crippen molar-refractivity contribution in [3.63, 3.8) is 0 Å². The van der Waals surface area contributed by atoms with Crippen molar-refractivity contribution < 1.29 is 19.5 Å². The summed E-state index contributed by atoms with van der Waals surface area (Å²) in [7, 11) is 0. The zero-order chi connectivity index (χ0) is 17.1. The molecule has 2 aliphatic heterocycles. The van der Waals surface area contributed by atoms with Gasteiger partial charge in [0, 0.05) is 25.0 Å². The molecule has 6 nitrogen and oxygen atoms in total. The predicted molar refractivity (Wildman–Crippen MR) is 85.7 cm³/mol. The van der Waals surface area contributed by atoms with Crippen LogP contribution < -0.4 is 0 Å². The summed E-state index contributed by atoms with van der Waals surface area (Å²) in [6, 6.07) is 6.95. The molecule has 6 heteroatoms. The van der Waals surface area contributed by atoms with Gasteiger partial charge in [-0.25, -0.2) is 4.79 Å². The third-order valence-electron chi connectivity index (χ3n) is 5.87. The number of carboxylic acid groups (broad SMARTS) is 1. The van der Waals surface area contributed by atoms with E-state index in [0.717, 1.165) is 12.8 Å². The van der Waals surface area contributed by atoms with Crippen molar-refractivity contribution in [2.75, 3.05) is 19.6 Å². The summed E-state index contributed by atoms with van der Waals surface area (Å²) < 4.78 is 0. The van der Waals surface area contributed by atoms with Crippen molar-refractivity contribution >= 4 is 17.9 Å². The van der Waals surface area contributed by atoms with Crippen molar-refractivity contribution in [1.82, 2.24) is 9.80 Å². The van der Waals surface area contributed by atoms with Crippen LogP contribution in [0, 0.1) is 17.3 Å². The highest BCUT2D eigenvalue weighted by atomic mass is 16.4. The van der Waals surface area contributed by atoms with Crippen LogP contribution in [0.15, 0.2) is 24.3 Å². The lowest BCUT2D eigenvalue weighted by Gasteiger charge is -2.59. The van der Waals surface area contributed by atoms with Crippen molar-refractivity contribution in [2.24, 2.45) is 17.3 Å². The van der Waals surface area contributed by atoms with E-state index >= 15 is 0 Å². The summed E-state index contributed by atoms with van der Waals surface area (Å²) in [5.41, 5.74) is 1.14. The van der Waals surface area contributed by atoms with Crippen molar-refractivity contribution in [1.29, 1.82) is 0 Å². The molecule has 126 valence electrons. The minimum absolute atomic E-state index is 0.152. The minimum atomic E-state index is -0.844. The molecule has 0 aromatic heterocycles. The fourth-order valence-electron chi connectivity index (χ4n) is 4.45. The fraction of sp³-hybridized carbons (Fsp3) is 0.500. The lowest BCUT2D eigenvalue weighted by atomic mass is 9.55. The monoisotopic (exact) mass is 328 g/mol. The molecule has 1 spiro atoms. The molecule has 24 heavy (non-hydrogen) atoms. The van der Waals surface area contributed by atoms with E-state index < -0.39 is 6.09 Å². The number of carbonyl (C=O) groups excluding carboxylic acids is 2. The van der Waals surface area contributed by atoms with Gasteiger partial charge in [-0.05, 0) is 36.8 Å². The maximum absolute atomic E-state index is 12.4. The Labute approximate surface area is 140 Å². The zero-order valence-electron chi connectivity index (χ0n) is 13.6. The number of fused-ring (bicyclic) bond motifs is 1. The van der Waals surface area contributed by atoms with Crippen LogP contribution >= 0.6 is 0 Å². The topological polar surface area (TPSA) is 77.9 Å². The second-order valence-corrected chi connectivity index (χ2v) is 7.55. The Morgan fingerprint density at radius 1 is 1.21 bits per heavy atom. The molecule has 1 atom stereocenters. The number of hydrogen-bond donors (Lipinski definition) is 1. The molecule has 3 aliphatic rings. The van der Waals surface area contributed by atoms with Gasteiger partial charge < -0.3 is 10.0 Å². The maximum Gasteiger partial charge on any atom is 0.407 e. The fourth-order valence-corrected chi connectivity index (χ4v) is 4.45. The third kappa shape index (κ3) is 2.12. The second kappa shape index (κ2) is 5.06. The van der Waals surface area contributed by atoms with Crippen LogP contribution in [-0.2, 0) is 0 Å². The average Bonchev–Trinajstić information content (AvgIpc) is 2.70. The molecule has 3 amide bonds. The number of benzene rings is 1. The van der Waals surface area contributed by atoms with Crippen molar-refractivity contribution in [3.8, 4) is 0 Å². The molecular weight excluding hydrogens is 308 g/mol. The molecule has 1 aliphatic carbocycles. The second-order valence-electron chi connectivity index (χ2n) is 7.55. The first-order valence-electron chi connectivity index (χ1n) is 8.33. The van der Waals surface area contributed by atoms with Gasteiger partial charge in [0.05, 0.1) is 11.1 Å². The molecule has 1 aromatic rings. The zero-order valence-corrected chi connectivity index (χ0v) is 13.6. The standard InChI is InChI=1S/C18H20N2O4/c1-11(12-6-18(7-12)9-19(10-18)17(23)24)8-20-15(21)13-4-2-3-5-14(13)16(20)22/h2-5,11-12H,6-10H2,1H3,(H,23,24)/t11-/m1/s1. The Bertz CT molecular complexity index is 695. The van der Waals surface area contributed by atoms with E-state index in [-0.39, 0.29) is 23.1 Å². The van der Waals surface area contributed by atoms with Gasteiger partial charge in [-0.15, -0.1) is 0 Å². The average molecular weight is 328 g/mol. The predicted octanol–water partition coefficient (Wildman–Crippen LogP) is 2.31. The maximum atomic E-state index is 12.4. The van der Waals surface area contributed by atoms with Gasteiger partial charge in [-0.1, -0.05) is 19.1 Å². The normalized spacial score (nSPS) is 23.0. The molecule has 1 saturated carbocycles. The van der Waals surface area contributed by atoms with E-state index in [4.69, 9.17) is 5.11 Å². The summed E-state index contributed by atoms with van der Waals surface area (Å²) in [5, 5.41) is 8.94. The summed E-state index contributed by atoms with van der Waals surface area (Å²) >= 11 is 0. The number of rotatable bonds is 3. The van der Waals surface area contributed by atoms with E-state index in [9.17, 15) is 14.4 Å². The Morgan fingerprint density at radius 3 is 2.25 bits per heavy atom. The smallest absolute Gasteiger partial charge is 0.407 e. The van der Waals surface area contributed by atoms with Gasteiger partial charge in [0.25, 0.3) is 11.8 Å². The summed E-state index contributed by atoms with van der Waals surface area (Å²) in [6.45, 7) is 3.77. The molecule has 1 saturated heterocycles. The van der Waals surface area contributed by atoms with Crippen LogP contribution in [0.25, 0.3) is 0 Å². The summed E-state index contributed by atoms with van der Waals surface area (Å²) in [5.74, 6) is 0.288. The number of likely N-dealkylation sites (tertiary alicyclic amines) is 1. The lowest BCUT2D eigenvalue weighted by Crippen LogP contribution is -2.64. The van der Waals surface area contributed by atoms with Crippen molar-refractivity contribution in [3.05, 3.63) is 35.4 Å². The van der Waals surface area contributed by atoms with Crippen LogP contribution in [0.2, 0.25) is 0 Å². The van der Waals surface area contributed by atoms with E-state index in [1.807, 2.05) is 0 Å². The molecule has 2 fully saturated rings. The highest BCUT2D eigenvalue weighted by Gasteiger charge is 2.55. The number of carbonyl (C=O) groups is 3. The molecule has 1 N–H and O–H groups in total. The summed E-state index contributed by atoms with van der Waals surface area (Å²) in [4.78, 5) is 38.5. The molecule has 4 rings (SSSR count). The third-order valence-corrected chi connectivity index (χ3v) is 5.87. The SMILES string of the molecule is C[C@H](CN1C(=O)c2ccccc2C1=O)C1CC2(C1)CN(C(=O)O)C2. The molecule has 0 bridgehead atoms. The van der Waals surface area contributed by atoms with E-state index in [2.05, 4.69) is 6.92 Å². The number of nitrogens with zero attached hydrogens (tertiary/aromatic N) is 2. The first kappa shape index (κ1) is 15.2. The minimum Gasteiger partial charge on any atom is -0.465 e. The highest BCUT2D eigenvalue weighted by molar-refractivity contribution is 6.21. The molecule has 0 radical (unpaired) electrons. The van der Waals surface area contributed by atoms with Gasteiger partial charge in [-0.3, -0.25) is 14.5 Å². The first-order valence-corrected chi connectivity index (χ1v) is 8.33. The van der Waals surface area contributed by atoms with Crippen LogP contribution in [0.1, 0.15) is 40.5 Å². The Hall–Kier alpha value is -2.37. The molecular formula is C18H20N2O4. The first-order chi connectivity index (χ1) is 11.4. The molecule has 2 heterocycles. The van der Waals surface area contributed by atoms with Gasteiger partial charge in [-0.2, -0.15) is 0 Å². The lowest BCUT2D eigenvalue weighted by molar-refractivity contribution is -0.0950. The Kier molecular flexibility index (Phi) is 3.20. The van der Waals surface area contributed by atoms with Gasteiger partial charge >= 0.3 is 6.09 Å². The van der Waals surface area contributed by atoms with Gasteiger partial charge in [0.1, 0.15) is 0 Å². The van der Waals surface area contributed by atoms with E-state index in [1.54, 1.807) is 24.3 Å². The van der Waals surface area contributed by atoms with Crippen LogP contribution in [-0.4, -0.2) is 52.4 Å². The quantitative estimate of drug-likeness (QED) is 0.864. The van der Waals surface area contributed by atoms with Gasteiger partial charge in [0.2, 0.25) is 0 Å². The highest BCUT2D eigenvalue weighted by Crippen LogP contribution is 2.54. The van der Waals surface area contributed by atoms with Crippen LogP contribution in [0.5, 0.6) is 0 Å². The van der Waals surface area contributed by atoms with E-state index in [0.29, 0.717) is 36.7 Å². The largest absolute Gasteiger partial charge is 0.465 e. The number of hydrogen-bond acceptors (Lipinski definition) is 3. The van der Waals surface area contributed by atoms with Crippen LogP contribution in [0.3, 0.4) is 0 Å². The Morgan fingerprint density at radius 2 is 1.75 bits per heavy atom. The van der Waals surface area contributed by atoms with Crippen molar-refractivity contribution in [2.45, 2.75) is 19.8 Å². The molecule has 1 aromatic carbocycles. The van der Waals surface area contributed by atoms with Gasteiger partial charge in [0.15, 0.2) is 0 Å². The molecule has 0 unspecified atom stereocenters. The van der Waals surface area contributed by atoms with E-state index in [1.165, 1.54) is 9.80 Å². The Balaban J connectivity index is 1.36. The number of amides is 3. The van der Waals surface area contributed by atoms with Crippen LogP contribution in [0.4, 0.5) is 4.79 Å². The number of imide groups is 1. The summed E-state index contributed by atoms with van der Waals surface area (Å²) in [6.07, 6.45) is 1.13.